The molecule has 0 bridgehead atoms. The monoisotopic (exact) mass is 208 g/mol. The van der Waals surface area contributed by atoms with Crippen LogP contribution in [0.4, 0.5) is 0 Å². The van der Waals surface area contributed by atoms with E-state index >= 15 is 0 Å². The van der Waals surface area contributed by atoms with Crippen molar-refractivity contribution < 1.29 is 0 Å². The van der Waals surface area contributed by atoms with Crippen LogP contribution in [-0.4, -0.2) is 8.83 Å². The van der Waals surface area contributed by atoms with Gasteiger partial charge in [0.05, 0.1) is 0 Å². The quantitative estimate of drug-likeness (QED) is 0.526. The fraction of sp³-hybridized carbons (Fsp3) is 0.273. The van der Waals surface area contributed by atoms with Gasteiger partial charge >= 0.3 is 0 Å². The first-order valence-corrected chi connectivity index (χ1v) is 6.53. The lowest BCUT2D eigenvalue weighted by Gasteiger charge is -2.00. The van der Waals surface area contributed by atoms with E-state index in [9.17, 15) is 0 Å². The van der Waals surface area contributed by atoms with Crippen molar-refractivity contribution in [3.05, 3.63) is 41.0 Å². The summed E-state index contributed by atoms with van der Waals surface area (Å²) in [6, 6.07) is 7.45. The highest BCUT2D eigenvalue weighted by molar-refractivity contribution is 6.93. The van der Waals surface area contributed by atoms with E-state index in [2.05, 4.69) is 44.2 Å². The summed E-state index contributed by atoms with van der Waals surface area (Å²) < 4.78 is 0. The first kappa shape index (κ1) is 10.5. The maximum atomic E-state index is 5.61. The standard InChI is InChI=1S/C11H13ClSi/c1-9-5-6-11(10(2)8-9)4-3-7-13-12/h3-6,8H,7H2,1-2H3. The minimum Gasteiger partial charge on any atom is -0.171 e. The molecule has 0 N–H and O–H groups in total. The molecule has 1 rings (SSSR count). The van der Waals surface area contributed by atoms with Gasteiger partial charge in [0.15, 0.2) is 8.83 Å². The summed E-state index contributed by atoms with van der Waals surface area (Å²) in [6.07, 6.45) is 4.27. The molecule has 0 heterocycles. The van der Waals surface area contributed by atoms with Gasteiger partial charge in [0.1, 0.15) is 0 Å². The Morgan fingerprint density at radius 3 is 2.77 bits per heavy atom. The van der Waals surface area contributed by atoms with Gasteiger partial charge in [0, 0.05) is 0 Å². The predicted molar refractivity (Wildman–Crippen MR) is 61.4 cm³/mol. The van der Waals surface area contributed by atoms with Gasteiger partial charge in [0.25, 0.3) is 0 Å². The molecule has 0 spiro atoms. The Bertz CT molecular complexity index is 305. The molecular formula is C11H13ClSi. The molecule has 0 fully saturated rings. The Morgan fingerprint density at radius 2 is 2.15 bits per heavy atom. The minimum atomic E-state index is 0.489. The van der Waals surface area contributed by atoms with Crippen LogP contribution in [0.1, 0.15) is 16.7 Å². The Labute approximate surface area is 87.1 Å². The SMILES string of the molecule is Cc1ccc(C=CC[Si]Cl)c(C)c1. The van der Waals surface area contributed by atoms with Crippen LogP contribution >= 0.6 is 11.1 Å². The molecule has 13 heavy (non-hydrogen) atoms. The minimum absolute atomic E-state index is 0.489. The summed E-state index contributed by atoms with van der Waals surface area (Å²) in [7, 11) is 0.489. The number of benzene rings is 1. The molecule has 0 aromatic heterocycles. The van der Waals surface area contributed by atoms with Crippen molar-refractivity contribution >= 4 is 26.0 Å². The van der Waals surface area contributed by atoms with Crippen molar-refractivity contribution in [3.63, 3.8) is 0 Å². The zero-order valence-corrected chi connectivity index (χ0v) is 9.73. The molecule has 0 saturated heterocycles. The molecule has 1 aromatic carbocycles. The Kier molecular flexibility index (Phi) is 4.26. The Balaban J connectivity index is 2.77. The van der Waals surface area contributed by atoms with Crippen LogP contribution in [0.3, 0.4) is 0 Å². The van der Waals surface area contributed by atoms with E-state index in [0.29, 0.717) is 8.83 Å². The van der Waals surface area contributed by atoms with Crippen LogP contribution in [0, 0.1) is 13.8 Å². The van der Waals surface area contributed by atoms with Crippen molar-refractivity contribution in [3.8, 4) is 0 Å². The average molecular weight is 209 g/mol. The van der Waals surface area contributed by atoms with Gasteiger partial charge < -0.3 is 0 Å². The molecule has 0 saturated carbocycles. The molecule has 0 amide bonds. The Hall–Kier alpha value is -0.533. The van der Waals surface area contributed by atoms with Crippen molar-refractivity contribution in [1.82, 2.24) is 0 Å². The van der Waals surface area contributed by atoms with Crippen molar-refractivity contribution in [2.75, 3.05) is 0 Å². The van der Waals surface area contributed by atoms with E-state index in [1.165, 1.54) is 16.7 Å². The first-order valence-electron chi connectivity index (χ1n) is 4.31. The zero-order valence-electron chi connectivity index (χ0n) is 7.97. The van der Waals surface area contributed by atoms with E-state index in [4.69, 9.17) is 11.1 Å². The second kappa shape index (κ2) is 5.25. The zero-order chi connectivity index (χ0) is 9.68. The van der Waals surface area contributed by atoms with Gasteiger partial charge in [-0.15, -0.1) is 0 Å². The van der Waals surface area contributed by atoms with Gasteiger partial charge in [0.2, 0.25) is 0 Å². The summed E-state index contributed by atoms with van der Waals surface area (Å²) in [5, 5.41) is 0. The average Bonchev–Trinajstić information content (AvgIpc) is 2.09. The maximum absolute atomic E-state index is 5.61. The molecule has 0 nitrogen and oxygen atoms in total. The molecule has 2 radical (unpaired) electrons. The number of allylic oxidation sites excluding steroid dienone is 1. The third-order valence-corrected chi connectivity index (χ3v) is 2.77. The highest BCUT2D eigenvalue weighted by Crippen LogP contribution is 2.12. The summed E-state index contributed by atoms with van der Waals surface area (Å²) >= 11 is 5.61. The fourth-order valence-electron chi connectivity index (χ4n) is 1.24. The van der Waals surface area contributed by atoms with Crippen molar-refractivity contribution in [2.45, 2.75) is 19.9 Å². The molecule has 68 valence electrons. The van der Waals surface area contributed by atoms with E-state index in [-0.39, 0.29) is 0 Å². The first-order chi connectivity index (χ1) is 6.24. The van der Waals surface area contributed by atoms with Crippen LogP contribution in [0.25, 0.3) is 6.08 Å². The molecule has 0 aliphatic carbocycles. The maximum Gasteiger partial charge on any atom is 0.175 e. The lowest BCUT2D eigenvalue weighted by molar-refractivity contribution is 1.37. The number of halogens is 1. The smallest absolute Gasteiger partial charge is 0.171 e. The van der Waals surface area contributed by atoms with Crippen LogP contribution in [0.15, 0.2) is 24.3 Å². The van der Waals surface area contributed by atoms with Crippen LogP contribution in [0.2, 0.25) is 6.04 Å². The van der Waals surface area contributed by atoms with Gasteiger partial charge in [-0.05, 0) is 31.0 Å². The molecule has 1 aromatic rings. The van der Waals surface area contributed by atoms with Gasteiger partial charge in [-0.2, -0.15) is 11.1 Å². The number of aryl methyl sites for hydroxylation is 2. The van der Waals surface area contributed by atoms with Crippen LogP contribution in [0.5, 0.6) is 0 Å². The highest BCUT2D eigenvalue weighted by atomic mass is 35.6. The van der Waals surface area contributed by atoms with E-state index in [0.717, 1.165) is 6.04 Å². The largest absolute Gasteiger partial charge is 0.175 e. The normalized spacial score (nSPS) is 11.0. The summed E-state index contributed by atoms with van der Waals surface area (Å²) in [4.78, 5) is 0. The van der Waals surface area contributed by atoms with Gasteiger partial charge in [-0.3, -0.25) is 0 Å². The van der Waals surface area contributed by atoms with E-state index < -0.39 is 0 Å². The van der Waals surface area contributed by atoms with Gasteiger partial charge in [-0.25, -0.2) is 0 Å². The molecular weight excluding hydrogens is 196 g/mol. The second-order valence-electron chi connectivity index (χ2n) is 3.10. The molecule has 0 atom stereocenters. The molecule has 0 unspecified atom stereocenters. The molecule has 2 heteroatoms. The molecule has 0 aliphatic heterocycles. The summed E-state index contributed by atoms with van der Waals surface area (Å²) in [6.45, 7) is 4.25. The number of hydrogen-bond donors (Lipinski definition) is 0. The predicted octanol–water partition coefficient (Wildman–Crippen LogP) is 3.59. The third kappa shape index (κ3) is 3.37. The lowest BCUT2D eigenvalue weighted by Crippen LogP contribution is -1.82. The van der Waals surface area contributed by atoms with Gasteiger partial charge in [-0.1, -0.05) is 35.9 Å². The fourth-order valence-corrected chi connectivity index (χ4v) is 1.72. The third-order valence-electron chi connectivity index (χ3n) is 1.92. The second-order valence-corrected chi connectivity index (χ2v) is 4.58. The molecule has 0 aliphatic rings. The lowest BCUT2D eigenvalue weighted by atomic mass is 10.1. The van der Waals surface area contributed by atoms with E-state index in [1.807, 2.05) is 0 Å². The number of rotatable bonds is 3. The van der Waals surface area contributed by atoms with Crippen molar-refractivity contribution in [1.29, 1.82) is 0 Å². The number of hydrogen-bond acceptors (Lipinski definition) is 0. The van der Waals surface area contributed by atoms with E-state index in [1.54, 1.807) is 0 Å². The highest BCUT2D eigenvalue weighted by Gasteiger charge is 1.93. The Morgan fingerprint density at radius 1 is 1.38 bits per heavy atom. The summed E-state index contributed by atoms with van der Waals surface area (Å²) in [5.74, 6) is 0. The topological polar surface area (TPSA) is 0 Å². The van der Waals surface area contributed by atoms with Crippen LogP contribution in [-0.2, 0) is 0 Å². The van der Waals surface area contributed by atoms with Crippen LogP contribution < -0.4 is 0 Å². The summed E-state index contributed by atoms with van der Waals surface area (Å²) in [5.41, 5.74) is 3.93. The van der Waals surface area contributed by atoms with Crippen molar-refractivity contribution in [2.24, 2.45) is 0 Å².